The summed E-state index contributed by atoms with van der Waals surface area (Å²) in [5, 5.41) is 2.63. The molecule has 7 heteroatoms. The lowest BCUT2D eigenvalue weighted by Crippen LogP contribution is -2.45. The molecule has 0 heterocycles. The zero-order valence-electron chi connectivity index (χ0n) is 15.9. The third kappa shape index (κ3) is 5.64. The van der Waals surface area contributed by atoms with E-state index in [0.29, 0.717) is 11.3 Å². The van der Waals surface area contributed by atoms with Crippen LogP contribution in [0.4, 0.5) is 4.39 Å². The molecule has 1 N–H and O–H groups in total. The molecule has 2 aromatic rings. The van der Waals surface area contributed by atoms with Crippen molar-refractivity contribution >= 4 is 17.7 Å². The van der Waals surface area contributed by atoms with E-state index in [9.17, 15) is 18.8 Å². The second-order valence-electron chi connectivity index (χ2n) is 6.46. The molecule has 0 unspecified atom stereocenters. The van der Waals surface area contributed by atoms with Gasteiger partial charge in [0.15, 0.2) is 12.4 Å². The second kappa shape index (κ2) is 9.64. The van der Waals surface area contributed by atoms with E-state index in [1.165, 1.54) is 19.2 Å². The van der Waals surface area contributed by atoms with Crippen molar-refractivity contribution in [2.24, 2.45) is 5.92 Å². The summed E-state index contributed by atoms with van der Waals surface area (Å²) in [7, 11) is 1.52. The zero-order valence-corrected chi connectivity index (χ0v) is 15.9. The lowest BCUT2D eigenvalue weighted by atomic mass is 10.0. The van der Waals surface area contributed by atoms with Gasteiger partial charge in [0.25, 0.3) is 5.91 Å². The maximum atomic E-state index is 12.9. The molecule has 0 saturated carbocycles. The van der Waals surface area contributed by atoms with Crippen molar-refractivity contribution in [2.75, 3.05) is 13.7 Å². The quantitative estimate of drug-likeness (QED) is 0.556. The number of esters is 1. The van der Waals surface area contributed by atoms with Crippen molar-refractivity contribution in [1.82, 2.24) is 5.32 Å². The second-order valence-corrected chi connectivity index (χ2v) is 6.46. The van der Waals surface area contributed by atoms with Gasteiger partial charge in [-0.2, -0.15) is 0 Å². The Morgan fingerprint density at radius 3 is 2.07 bits per heavy atom. The van der Waals surface area contributed by atoms with Crippen molar-refractivity contribution in [2.45, 2.75) is 19.9 Å². The molecule has 2 rings (SSSR count). The Balaban J connectivity index is 1.97. The molecule has 0 aliphatic carbocycles. The fourth-order valence-electron chi connectivity index (χ4n) is 2.41. The lowest BCUT2D eigenvalue weighted by molar-refractivity contribution is -0.145. The van der Waals surface area contributed by atoms with Gasteiger partial charge in [0, 0.05) is 11.1 Å². The van der Waals surface area contributed by atoms with Gasteiger partial charge in [0.05, 0.1) is 7.11 Å². The number of benzene rings is 2. The molecule has 0 fully saturated rings. The Bertz CT molecular complexity index is 831. The normalized spacial score (nSPS) is 11.6. The minimum absolute atomic E-state index is 0.234. The Kier molecular flexibility index (Phi) is 7.26. The number of amides is 1. The lowest BCUT2D eigenvalue weighted by Gasteiger charge is -2.20. The number of rotatable bonds is 8. The highest BCUT2D eigenvalue weighted by Gasteiger charge is 2.27. The number of Topliss-reactive ketones (excluding diaryl/α,β-unsaturated/α-hetero) is 1. The van der Waals surface area contributed by atoms with Crippen LogP contribution in [0.15, 0.2) is 48.5 Å². The van der Waals surface area contributed by atoms with Crippen LogP contribution in [0.25, 0.3) is 0 Å². The molecule has 0 bridgehead atoms. The molecule has 1 amide bonds. The van der Waals surface area contributed by atoms with Gasteiger partial charge in [-0.3, -0.25) is 9.59 Å². The van der Waals surface area contributed by atoms with E-state index in [1.54, 1.807) is 38.1 Å². The zero-order chi connectivity index (χ0) is 20.7. The minimum atomic E-state index is -0.921. The SMILES string of the molecule is COc1ccc(C(=O)N[C@H](C(=O)OCC(=O)c2ccc(F)cc2)C(C)C)cc1. The first-order chi connectivity index (χ1) is 13.3. The summed E-state index contributed by atoms with van der Waals surface area (Å²) >= 11 is 0. The van der Waals surface area contributed by atoms with Crippen LogP contribution in [0, 0.1) is 11.7 Å². The monoisotopic (exact) mass is 387 g/mol. The molecule has 0 aliphatic heterocycles. The maximum Gasteiger partial charge on any atom is 0.329 e. The van der Waals surface area contributed by atoms with Crippen molar-refractivity contribution in [3.8, 4) is 5.75 Å². The Morgan fingerprint density at radius 1 is 0.964 bits per heavy atom. The van der Waals surface area contributed by atoms with E-state index < -0.39 is 36.1 Å². The Labute approximate surface area is 162 Å². The van der Waals surface area contributed by atoms with Crippen LogP contribution >= 0.6 is 0 Å². The number of hydrogen-bond donors (Lipinski definition) is 1. The molecule has 0 aromatic heterocycles. The molecular weight excluding hydrogens is 365 g/mol. The fourth-order valence-corrected chi connectivity index (χ4v) is 2.41. The van der Waals surface area contributed by atoms with Gasteiger partial charge in [-0.25, -0.2) is 9.18 Å². The van der Waals surface area contributed by atoms with Crippen molar-refractivity contribution < 1.29 is 28.2 Å². The highest BCUT2D eigenvalue weighted by molar-refractivity contribution is 5.99. The molecule has 0 aliphatic rings. The number of nitrogens with one attached hydrogen (secondary N) is 1. The molecule has 148 valence electrons. The molecule has 0 saturated heterocycles. The highest BCUT2D eigenvalue weighted by atomic mass is 19.1. The van der Waals surface area contributed by atoms with Gasteiger partial charge >= 0.3 is 5.97 Å². The van der Waals surface area contributed by atoms with Crippen molar-refractivity contribution in [3.05, 3.63) is 65.5 Å². The van der Waals surface area contributed by atoms with Crippen LogP contribution in [0.2, 0.25) is 0 Å². The summed E-state index contributed by atoms with van der Waals surface area (Å²) < 4.78 is 23.0. The van der Waals surface area contributed by atoms with E-state index in [0.717, 1.165) is 12.1 Å². The topological polar surface area (TPSA) is 81.7 Å². The Hall–Kier alpha value is -3.22. The first-order valence-electron chi connectivity index (χ1n) is 8.72. The maximum absolute atomic E-state index is 12.9. The number of ketones is 1. The number of carbonyl (C=O) groups excluding carboxylic acids is 3. The number of methoxy groups -OCH3 is 1. The average Bonchev–Trinajstić information content (AvgIpc) is 2.70. The van der Waals surface area contributed by atoms with Gasteiger partial charge in [0.2, 0.25) is 0 Å². The largest absolute Gasteiger partial charge is 0.497 e. The fraction of sp³-hybridized carbons (Fsp3) is 0.286. The van der Waals surface area contributed by atoms with Crippen LogP contribution in [0.3, 0.4) is 0 Å². The first-order valence-corrected chi connectivity index (χ1v) is 8.72. The summed E-state index contributed by atoms with van der Waals surface area (Å²) in [6.07, 6.45) is 0. The molecule has 28 heavy (non-hydrogen) atoms. The van der Waals surface area contributed by atoms with E-state index in [-0.39, 0.29) is 11.5 Å². The predicted octanol–water partition coefficient (Wildman–Crippen LogP) is 3.01. The van der Waals surface area contributed by atoms with Gasteiger partial charge < -0.3 is 14.8 Å². The summed E-state index contributed by atoms with van der Waals surface area (Å²) in [4.78, 5) is 36.8. The smallest absolute Gasteiger partial charge is 0.329 e. The number of carbonyl (C=O) groups is 3. The molecule has 0 spiro atoms. The number of ether oxygens (including phenoxy) is 2. The van der Waals surface area contributed by atoms with Crippen LogP contribution in [-0.4, -0.2) is 37.4 Å². The van der Waals surface area contributed by atoms with E-state index >= 15 is 0 Å². The van der Waals surface area contributed by atoms with Gasteiger partial charge in [0.1, 0.15) is 17.6 Å². The van der Waals surface area contributed by atoms with Crippen molar-refractivity contribution in [3.63, 3.8) is 0 Å². The molecule has 1 atom stereocenters. The third-order valence-corrected chi connectivity index (χ3v) is 4.07. The third-order valence-electron chi connectivity index (χ3n) is 4.07. The summed E-state index contributed by atoms with van der Waals surface area (Å²) in [5.41, 5.74) is 0.596. The summed E-state index contributed by atoms with van der Waals surface area (Å²) in [6, 6.07) is 10.5. The van der Waals surface area contributed by atoms with Gasteiger partial charge in [-0.1, -0.05) is 13.8 Å². The number of hydrogen-bond acceptors (Lipinski definition) is 5. The van der Waals surface area contributed by atoms with Gasteiger partial charge in [-0.15, -0.1) is 0 Å². The first kappa shape index (κ1) is 21.1. The number of halogens is 1. The summed E-state index contributed by atoms with van der Waals surface area (Å²) in [6.45, 7) is 3.01. The van der Waals surface area contributed by atoms with Crippen LogP contribution in [-0.2, 0) is 9.53 Å². The summed E-state index contributed by atoms with van der Waals surface area (Å²) in [5.74, 6) is -1.73. The predicted molar refractivity (Wildman–Crippen MR) is 101 cm³/mol. The van der Waals surface area contributed by atoms with E-state index in [4.69, 9.17) is 9.47 Å². The molecule has 6 nitrogen and oxygen atoms in total. The van der Waals surface area contributed by atoms with Crippen LogP contribution in [0.1, 0.15) is 34.6 Å². The Morgan fingerprint density at radius 2 is 1.54 bits per heavy atom. The van der Waals surface area contributed by atoms with E-state index in [2.05, 4.69) is 5.32 Å². The minimum Gasteiger partial charge on any atom is -0.497 e. The molecule has 0 radical (unpaired) electrons. The van der Waals surface area contributed by atoms with Gasteiger partial charge in [-0.05, 0) is 54.4 Å². The molecule has 2 aromatic carbocycles. The van der Waals surface area contributed by atoms with Crippen molar-refractivity contribution in [1.29, 1.82) is 0 Å². The highest BCUT2D eigenvalue weighted by Crippen LogP contribution is 2.13. The van der Waals surface area contributed by atoms with Crippen LogP contribution in [0.5, 0.6) is 5.75 Å². The average molecular weight is 387 g/mol. The molecular formula is C21H22FNO5. The van der Waals surface area contributed by atoms with Crippen LogP contribution < -0.4 is 10.1 Å². The van der Waals surface area contributed by atoms with E-state index in [1.807, 2.05) is 0 Å². The standard InChI is InChI=1S/C21H22FNO5/c1-13(2)19(23-20(25)15-6-10-17(27-3)11-7-15)21(26)28-12-18(24)14-4-8-16(22)9-5-14/h4-11,13,19H,12H2,1-3H3,(H,23,25)/t19-/m0/s1.